The number of carbonyl (C=O) groups is 2. The van der Waals surface area contributed by atoms with Gasteiger partial charge in [0, 0.05) is 25.1 Å². The van der Waals surface area contributed by atoms with Gasteiger partial charge < -0.3 is 24.4 Å². The molecule has 0 unspecified atom stereocenters. The number of benzene rings is 2. The van der Waals surface area contributed by atoms with E-state index in [-0.39, 0.29) is 23.7 Å². The zero-order valence-corrected chi connectivity index (χ0v) is 22.3. The molecule has 38 heavy (non-hydrogen) atoms. The van der Waals surface area contributed by atoms with Crippen LogP contribution in [-0.2, 0) is 4.74 Å². The molecule has 1 N–H and O–H groups in total. The van der Waals surface area contributed by atoms with E-state index in [9.17, 15) is 14.0 Å². The lowest BCUT2D eigenvalue weighted by molar-refractivity contribution is 0.0203. The molecule has 1 aromatic heterocycles. The normalized spacial score (nSPS) is 14.2. The van der Waals surface area contributed by atoms with Gasteiger partial charge in [-0.25, -0.2) is 13.9 Å². The van der Waals surface area contributed by atoms with Gasteiger partial charge in [0.05, 0.1) is 43.0 Å². The highest BCUT2D eigenvalue weighted by atomic mass is 19.1. The summed E-state index contributed by atoms with van der Waals surface area (Å²) in [5.41, 5.74) is 1.59. The van der Waals surface area contributed by atoms with Gasteiger partial charge in [0.2, 0.25) is 0 Å². The lowest BCUT2D eigenvalue weighted by atomic mass is 9.90. The van der Waals surface area contributed by atoms with E-state index in [1.165, 1.54) is 25.4 Å². The number of likely N-dealkylation sites (tertiary alicyclic amines) is 1. The van der Waals surface area contributed by atoms with Gasteiger partial charge in [-0.3, -0.25) is 4.79 Å². The molecule has 2 amide bonds. The van der Waals surface area contributed by atoms with E-state index in [0.717, 1.165) is 0 Å². The van der Waals surface area contributed by atoms with E-state index >= 15 is 0 Å². The summed E-state index contributed by atoms with van der Waals surface area (Å²) < 4.78 is 31.5. The quantitative estimate of drug-likeness (QED) is 0.464. The molecule has 2 heterocycles. The lowest BCUT2D eigenvalue weighted by Gasteiger charge is -2.34. The number of rotatable bonds is 6. The Balaban J connectivity index is 1.64. The Morgan fingerprint density at radius 2 is 1.71 bits per heavy atom. The Morgan fingerprint density at radius 1 is 1.03 bits per heavy atom. The Labute approximate surface area is 221 Å². The highest BCUT2D eigenvalue weighted by molar-refractivity contribution is 6.06. The molecule has 1 fully saturated rings. The van der Waals surface area contributed by atoms with Gasteiger partial charge in [-0.15, -0.1) is 0 Å². The summed E-state index contributed by atoms with van der Waals surface area (Å²) in [5.74, 6) is 0.245. The molecule has 1 aliphatic heterocycles. The summed E-state index contributed by atoms with van der Waals surface area (Å²) >= 11 is 0. The van der Waals surface area contributed by atoms with Gasteiger partial charge in [-0.1, -0.05) is 0 Å². The summed E-state index contributed by atoms with van der Waals surface area (Å²) in [6, 6.07) is 11.1. The molecule has 0 bridgehead atoms. The summed E-state index contributed by atoms with van der Waals surface area (Å²) in [7, 11) is 3.07. The minimum absolute atomic E-state index is 0.0748. The molecule has 10 heteroatoms. The number of hydrogen-bond acceptors (Lipinski definition) is 6. The average molecular weight is 525 g/mol. The predicted molar refractivity (Wildman–Crippen MR) is 141 cm³/mol. The molecule has 0 spiro atoms. The van der Waals surface area contributed by atoms with Crippen molar-refractivity contribution in [2.45, 2.75) is 45.1 Å². The van der Waals surface area contributed by atoms with Crippen molar-refractivity contribution in [3.63, 3.8) is 0 Å². The van der Waals surface area contributed by atoms with Gasteiger partial charge in [0.25, 0.3) is 5.91 Å². The molecule has 202 valence electrons. The van der Waals surface area contributed by atoms with Crippen LogP contribution < -0.4 is 14.8 Å². The van der Waals surface area contributed by atoms with Crippen LogP contribution in [0.3, 0.4) is 0 Å². The maximum absolute atomic E-state index is 13.6. The highest BCUT2D eigenvalue weighted by Crippen LogP contribution is 2.34. The van der Waals surface area contributed by atoms with E-state index in [1.54, 1.807) is 47.0 Å². The van der Waals surface area contributed by atoms with Crippen molar-refractivity contribution in [1.82, 2.24) is 14.7 Å². The van der Waals surface area contributed by atoms with Crippen molar-refractivity contribution in [2.75, 3.05) is 32.6 Å². The van der Waals surface area contributed by atoms with Crippen molar-refractivity contribution < 1.29 is 28.2 Å². The minimum atomic E-state index is -0.582. The molecule has 0 atom stereocenters. The number of amides is 2. The average Bonchev–Trinajstić information content (AvgIpc) is 3.33. The Morgan fingerprint density at radius 3 is 2.32 bits per heavy atom. The molecule has 9 nitrogen and oxygen atoms in total. The van der Waals surface area contributed by atoms with E-state index < -0.39 is 5.60 Å². The molecule has 2 aromatic carbocycles. The second-order valence-corrected chi connectivity index (χ2v) is 10.1. The van der Waals surface area contributed by atoms with E-state index in [1.807, 2.05) is 20.8 Å². The number of piperidine rings is 1. The Kier molecular flexibility index (Phi) is 7.89. The number of nitrogens with zero attached hydrogens (tertiary/aromatic N) is 3. The van der Waals surface area contributed by atoms with Gasteiger partial charge in [0.1, 0.15) is 22.9 Å². The maximum atomic E-state index is 13.6. The van der Waals surface area contributed by atoms with E-state index in [2.05, 4.69) is 10.4 Å². The van der Waals surface area contributed by atoms with Gasteiger partial charge >= 0.3 is 6.09 Å². The monoisotopic (exact) mass is 524 g/mol. The largest absolute Gasteiger partial charge is 0.497 e. The third kappa shape index (κ3) is 6.07. The van der Waals surface area contributed by atoms with Gasteiger partial charge in [-0.05, 0) is 70.0 Å². The molecular weight excluding hydrogens is 491 g/mol. The SMILES string of the molecule is COc1ccc(OC)c(NC(=O)c2cnn(-c3ccc(F)cc3)c2C2CCN(C(=O)OC(C)(C)C)CC2)c1. The summed E-state index contributed by atoms with van der Waals surface area (Å²) in [4.78, 5) is 27.8. The first-order chi connectivity index (χ1) is 18.1. The number of aromatic nitrogens is 2. The molecule has 3 aromatic rings. The zero-order valence-electron chi connectivity index (χ0n) is 22.3. The van der Waals surface area contributed by atoms with Crippen LogP contribution in [0.15, 0.2) is 48.7 Å². The fourth-order valence-corrected chi connectivity index (χ4v) is 4.48. The fraction of sp³-hybridized carbons (Fsp3) is 0.393. The number of nitrogens with one attached hydrogen (secondary N) is 1. The number of ether oxygens (including phenoxy) is 3. The number of carbonyl (C=O) groups excluding carboxylic acids is 2. The lowest BCUT2D eigenvalue weighted by Crippen LogP contribution is -2.41. The van der Waals surface area contributed by atoms with Crippen molar-refractivity contribution in [2.24, 2.45) is 0 Å². The van der Waals surface area contributed by atoms with Crippen LogP contribution in [0, 0.1) is 5.82 Å². The van der Waals surface area contributed by atoms with Crippen LogP contribution in [0.5, 0.6) is 11.5 Å². The topological polar surface area (TPSA) is 94.9 Å². The van der Waals surface area contributed by atoms with Crippen LogP contribution in [0.2, 0.25) is 0 Å². The van der Waals surface area contributed by atoms with Crippen LogP contribution in [0.25, 0.3) is 5.69 Å². The summed E-state index contributed by atoms with van der Waals surface area (Å²) in [6.07, 6.45) is 2.37. The van der Waals surface area contributed by atoms with Crippen LogP contribution in [0.4, 0.5) is 14.9 Å². The zero-order chi connectivity index (χ0) is 27.4. The molecule has 1 aliphatic rings. The van der Waals surface area contributed by atoms with E-state index in [4.69, 9.17) is 14.2 Å². The van der Waals surface area contributed by atoms with Crippen molar-refractivity contribution >= 4 is 17.7 Å². The molecule has 4 rings (SSSR count). The van der Waals surface area contributed by atoms with Crippen molar-refractivity contribution in [3.05, 3.63) is 65.7 Å². The van der Waals surface area contributed by atoms with Gasteiger partial charge in [0.15, 0.2) is 0 Å². The highest BCUT2D eigenvalue weighted by Gasteiger charge is 2.32. The van der Waals surface area contributed by atoms with E-state index in [0.29, 0.717) is 60.1 Å². The molecule has 1 saturated heterocycles. The Hall–Kier alpha value is -4.08. The smallest absolute Gasteiger partial charge is 0.410 e. The minimum Gasteiger partial charge on any atom is -0.497 e. The number of anilines is 1. The Bertz CT molecular complexity index is 1290. The van der Waals surface area contributed by atoms with Gasteiger partial charge in [-0.2, -0.15) is 5.10 Å². The number of methoxy groups -OCH3 is 2. The third-order valence-electron chi connectivity index (χ3n) is 6.31. The number of halogens is 1. The molecule has 0 aliphatic carbocycles. The standard InChI is InChI=1S/C28H33FN4O5/c1-28(2,3)38-27(35)32-14-12-18(13-15-32)25-22(17-30-33(25)20-8-6-19(29)7-9-20)26(34)31-23-16-21(36-4)10-11-24(23)37-5/h6-11,16-18H,12-15H2,1-5H3,(H,31,34). The first-order valence-corrected chi connectivity index (χ1v) is 12.4. The number of hydrogen-bond donors (Lipinski definition) is 1. The summed E-state index contributed by atoms with van der Waals surface area (Å²) in [6.45, 7) is 6.45. The van der Waals surface area contributed by atoms with Crippen LogP contribution in [-0.4, -0.2) is 59.6 Å². The predicted octanol–water partition coefficient (Wildman–Crippen LogP) is 5.40. The molecule has 0 saturated carbocycles. The third-order valence-corrected chi connectivity index (χ3v) is 6.31. The van der Waals surface area contributed by atoms with Crippen molar-refractivity contribution in [1.29, 1.82) is 0 Å². The second kappa shape index (κ2) is 11.1. The van der Waals surface area contributed by atoms with Crippen molar-refractivity contribution in [3.8, 4) is 17.2 Å². The first-order valence-electron chi connectivity index (χ1n) is 12.4. The fourth-order valence-electron chi connectivity index (χ4n) is 4.48. The van der Waals surface area contributed by atoms with Crippen LogP contribution in [0.1, 0.15) is 55.6 Å². The first kappa shape index (κ1) is 27.0. The maximum Gasteiger partial charge on any atom is 0.410 e. The summed E-state index contributed by atoms with van der Waals surface area (Å²) in [5, 5.41) is 7.42. The molecular formula is C28H33FN4O5. The molecule has 0 radical (unpaired) electrons. The van der Waals surface area contributed by atoms with Crippen LogP contribution >= 0.6 is 0 Å². The second-order valence-electron chi connectivity index (χ2n) is 10.1.